The molecule has 1 aromatic carbocycles. The molecule has 1 aliphatic rings. The van der Waals surface area contributed by atoms with E-state index in [1.54, 1.807) is 0 Å². The zero-order chi connectivity index (χ0) is 12.6. The summed E-state index contributed by atoms with van der Waals surface area (Å²) in [5.74, 6) is -3.68. The summed E-state index contributed by atoms with van der Waals surface area (Å²) in [6, 6.07) is 1.11. The molecular weight excluding hydrogens is 232 g/mol. The highest BCUT2D eigenvalue weighted by Crippen LogP contribution is 2.52. The van der Waals surface area contributed by atoms with Crippen molar-refractivity contribution in [3.63, 3.8) is 0 Å². The SMILES string of the molecule is COc1cc(C2(N=C=O)CC2)c(F)c(O)c1F. The van der Waals surface area contributed by atoms with Crippen LogP contribution in [0.4, 0.5) is 8.78 Å². The van der Waals surface area contributed by atoms with E-state index in [0.29, 0.717) is 12.8 Å². The molecule has 0 atom stereocenters. The van der Waals surface area contributed by atoms with Gasteiger partial charge in [-0.1, -0.05) is 0 Å². The highest BCUT2D eigenvalue weighted by Gasteiger charge is 2.48. The molecule has 0 aromatic heterocycles. The lowest BCUT2D eigenvalue weighted by Crippen LogP contribution is -2.07. The Morgan fingerprint density at radius 3 is 2.59 bits per heavy atom. The summed E-state index contributed by atoms with van der Waals surface area (Å²) >= 11 is 0. The first-order chi connectivity index (χ1) is 8.05. The highest BCUT2D eigenvalue weighted by atomic mass is 19.1. The van der Waals surface area contributed by atoms with Crippen LogP contribution in [0, 0.1) is 11.6 Å². The summed E-state index contributed by atoms with van der Waals surface area (Å²) in [5.41, 5.74) is -1.07. The third kappa shape index (κ3) is 1.66. The van der Waals surface area contributed by atoms with Gasteiger partial charge in [0.25, 0.3) is 0 Å². The van der Waals surface area contributed by atoms with Crippen molar-refractivity contribution in [2.45, 2.75) is 18.4 Å². The second-order valence-electron chi connectivity index (χ2n) is 3.84. The quantitative estimate of drug-likeness (QED) is 0.650. The second kappa shape index (κ2) is 3.82. The Balaban J connectivity index is 2.63. The van der Waals surface area contributed by atoms with Crippen molar-refractivity contribution in [1.82, 2.24) is 0 Å². The summed E-state index contributed by atoms with van der Waals surface area (Å²) < 4.78 is 31.7. The number of isocyanates is 1. The van der Waals surface area contributed by atoms with Crippen LogP contribution >= 0.6 is 0 Å². The number of hydrogen-bond acceptors (Lipinski definition) is 4. The Bertz CT molecular complexity index is 520. The highest BCUT2D eigenvalue weighted by molar-refractivity contribution is 5.48. The Kier molecular flexibility index (Phi) is 2.59. The molecule has 0 heterocycles. The van der Waals surface area contributed by atoms with E-state index < -0.39 is 22.9 Å². The third-order valence-corrected chi connectivity index (χ3v) is 2.85. The summed E-state index contributed by atoms with van der Waals surface area (Å²) in [6.45, 7) is 0. The zero-order valence-electron chi connectivity index (χ0n) is 8.96. The fourth-order valence-corrected chi connectivity index (χ4v) is 1.73. The van der Waals surface area contributed by atoms with Crippen molar-refractivity contribution in [3.8, 4) is 11.5 Å². The van der Waals surface area contributed by atoms with Crippen molar-refractivity contribution in [1.29, 1.82) is 0 Å². The molecule has 0 aliphatic heterocycles. The second-order valence-corrected chi connectivity index (χ2v) is 3.84. The number of phenolic OH excluding ortho intramolecular Hbond substituents is 1. The van der Waals surface area contributed by atoms with Crippen molar-refractivity contribution < 1.29 is 23.4 Å². The molecule has 2 rings (SSSR count). The molecule has 0 bridgehead atoms. The van der Waals surface area contributed by atoms with Gasteiger partial charge >= 0.3 is 0 Å². The number of nitrogens with zero attached hydrogens (tertiary/aromatic N) is 1. The number of hydrogen-bond donors (Lipinski definition) is 1. The zero-order valence-corrected chi connectivity index (χ0v) is 8.96. The molecule has 0 radical (unpaired) electrons. The van der Waals surface area contributed by atoms with E-state index in [1.165, 1.54) is 13.2 Å². The number of rotatable bonds is 3. The standard InChI is InChI=1S/C11H9F2NO3/c1-17-7-4-6(8(12)10(16)9(7)13)11(2-3-11)14-5-15/h4,16H,2-3H2,1H3. The van der Waals surface area contributed by atoms with E-state index in [4.69, 9.17) is 0 Å². The average molecular weight is 241 g/mol. The lowest BCUT2D eigenvalue weighted by Gasteiger charge is -2.13. The number of aliphatic imine (C=N–C) groups is 1. The molecule has 0 amide bonds. The number of phenols is 1. The third-order valence-electron chi connectivity index (χ3n) is 2.85. The molecule has 6 heteroatoms. The lowest BCUT2D eigenvalue weighted by molar-refractivity contribution is 0.345. The smallest absolute Gasteiger partial charge is 0.235 e. The predicted octanol–water partition coefficient (Wildman–Crippen LogP) is 2.00. The monoisotopic (exact) mass is 241 g/mol. The maximum atomic E-state index is 13.7. The van der Waals surface area contributed by atoms with Crippen LogP contribution < -0.4 is 4.74 Å². The van der Waals surface area contributed by atoms with E-state index in [2.05, 4.69) is 9.73 Å². The maximum Gasteiger partial charge on any atom is 0.235 e. The molecule has 0 saturated heterocycles. The van der Waals surface area contributed by atoms with Gasteiger partial charge < -0.3 is 9.84 Å². The molecular formula is C11H9F2NO3. The van der Waals surface area contributed by atoms with Gasteiger partial charge in [-0.3, -0.25) is 0 Å². The van der Waals surface area contributed by atoms with Gasteiger partial charge in [0.1, 0.15) is 5.54 Å². The summed E-state index contributed by atoms with van der Waals surface area (Å²) in [4.78, 5) is 13.8. The Labute approximate surface area is 95.5 Å². The van der Waals surface area contributed by atoms with Gasteiger partial charge in [-0.15, -0.1) is 0 Å². The summed E-state index contributed by atoms with van der Waals surface area (Å²) in [6.07, 6.45) is 2.26. The molecule has 17 heavy (non-hydrogen) atoms. The van der Waals surface area contributed by atoms with Gasteiger partial charge in [0.2, 0.25) is 11.9 Å². The van der Waals surface area contributed by atoms with Gasteiger partial charge in [0.15, 0.2) is 17.3 Å². The van der Waals surface area contributed by atoms with E-state index >= 15 is 0 Å². The van der Waals surface area contributed by atoms with Crippen molar-refractivity contribution in [2.24, 2.45) is 4.99 Å². The normalized spacial score (nSPS) is 16.2. The predicted molar refractivity (Wildman–Crippen MR) is 53.6 cm³/mol. The number of ether oxygens (including phenoxy) is 1. The molecule has 1 N–H and O–H groups in total. The van der Waals surface area contributed by atoms with Gasteiger partial charge in [-0.05, 0) is 18.9 Å². The fourth-order valence-electron chi connectivity index (χ4n) is 1.73. The minimum absolute atomic E-state index is 0.0448. The molecule has 1 saturated carbocycles. The van der Waals surface area contributed by atoms with Crippen molar-refractivity contribution in [3.05, 3.63) is 23.3 Å². The number of carbonyl (C=O) groups excluding carboxylic acids is 1. The van der Waals surface area contributed by atoms with Gasteiger partial charge in [0, 0.05) is 5.56 Å². The molecule has 0 spiro atoms. The molecule has 1 aromatic rings. The average Bonchev–Trinajstić information content (AvgIpc) is 3.08. The molecule has 4 nitrogen and oxygen atoms in total. The van der Waals surface area contributed by atoms with Crippen LogP contribution in [0.25, 0.3) is 0 Å². The molecule has 1 fully saturated rings. The van der Waals surface area contributed by atoms with Gasteiger partial charge in [-0.25, -0.2) is 9.18 Å². The maximum absolute atomic E-state index is 13.7. The van der Waals surface area contributed by atoms with Crippen LogP contribution in [0.5, 0.6) is 11.5 Å². The summed E-state index contributed by atoms with van der Waals surface area (Å²) in [5, 5.41) is 9.29. The largest absolute Gasteiger partial charge is 0.503 e. The Morgan fingerprint density at radius 2 is 2.12 bits per heavy atom. The lowest BCUT2D eigenvalue weighted by atomic mass is 10.0. The van der Waals surface area contributed by atoms with Crippen molar-refractivity contribution >= 4 is 6.08 Å². The van der Waals surface area contributed by atoms with Crippen LogP contribution in [0.3, 0.4) is 0 Å². The number of methoxy groups -OCH3 is 1. The van der Waals surface area contributed by atoms with E-state index in [9.17, 15) is 18.7 Å². The molecule has 90 valence electrons. The number of benzene rings is 1. The van der Waals surface area contributed by atoms with E-state index in [0.717, 1.165) is 6.07 Å². The first-order valence-corrected chi connectivity index (χ1v) is 4.90. The minimum Gasteiger partial charge on any atom is -0.503 e. The van der Waals surface area contributed by atoms with E-state index in [1.807, 2.05) is 0 Å². The summed E-state index contributed by atoms with van der Waals surface area (Å²) in [7, 11) is 1.20. The fraction of sp³-hybridized carbons (Fsp3) is 0.364. The topological polar surface area (TPSA) is 58.9 Å². The first-order valence-electron chi connectivity index (χ1n) is 4.90. The molecule has 1 aliphatic carbocycles. The van der Waals surface area contributed by atoms with Crippen LogP contribution in [0.1, 0.15) is 18.4 Å². The Morgan fingerprint density at radius 1 is 1.47 bits per heavy atom. The van der Waals surface area contributed by atoms with Crippen LogP contribution in [0.2, 0.25) is 0 Å². The van der Waals surface area contributed by atoms with Crippen LogP contribution in [-0.2, 0) is 10.3 Å². The number of aromatic hydroxyl groups is 1. The van der Waals surface area contributed by atoms with Crippen LogP contribution in [0.15, 0.2) is 11.1 Å². The first kappa shape index (κ1) is 11.5. The van der Waals surface area contributed by atoms with Crippen molar-refractivity contribution in [2.75, 3.05) is 7.11 Å². The minimum atomic E-state index is -1.17. The van der Waals surface area contributed by atoms with Gasteiger partial charge in [-0.2, -0.15) is 9.38 Å². The molecule has 0 unspecified atom stereocenters. The van der Waals surface area contributed by atoms with E-state index in [-0.39, 0.29) is 11.3 Å². The van der Waals surface area contributed by atoms with Crippen LogP contribution in [-0.4, -0.2) is 18.3 Å². The van der Waals surface area contributed by atoms with Gasteiger partial charge in [0.05, 0.1) is 7.11 Å². The Hall–Kier alpha value is -1.94. The number of halogens is 2.